The minimum Gasteiger partial charge on any atom is -0.506 e. The minimum atomic E-state index is -0.621. The molecule has 9 heteroatoms. The Bertz CT molecular complexity index is 1420. The maximum atomic E-state index is 12.9. The molecule has 0 unspecified atom stereocenters. The molecular weight excluding hydrogens is 490 g/mol. The number of morpholine rings is 1. The van der Waals surface area contributed by atoms with Gasteiger partial charge < -0.3 is 24.0 Å². The third-order valence-electron chi connectivity index (χ3n) is 6.13. The van der Waals surface area contributed by atoms with E-state index in [0.717, 1.165) is 16.5 Å². The summed E-state index contributed by atoms with van der Waals surface area (Å²) in [4.78, 5) is 32.6. The predicted octanol–water partition coefficient (Wildman–Crippen LogP) is 4.69. The van der Waals surface area contributed by atoms with E-state index in [1.54, 1.807) is 6.92 Å². The number of aliphatic imine (C=N–C) groups is 1. The largest absolute Gasteiger partial charge is 0.506 e. The Morgan fingerprint density at radius 3 is 2.59 bits per heavy atom. The Kier molecular flexibility index (Phi) is 7.43. The molecule has 0 spiro atoms. The molecule has 190 valence electrons. The lowest BCUT2D eigenvalue weighted by Crippen LogP contribution is -2.42. The van der Waals surface area contributed by atoms with Gasteiger partial charge >= 0.3 is 5.97 Å². The highest BCUT2D eigenvalue weighted by atomic mass is 32.2. The predicted molar refractivity (Wildman–Crippen MR) is 145 cm³/mol. The van der Waals surface area contributed by atoms with Gasteiger partial charge in [-0.1, -0.05) is 48.2 Å². The number of ether oxygens (including phenoxy) is 2. The van der Waals surface area contributed by atoms with Crippen LogP contribution < -0.4 is 0 Å². The van der Waals surface area contributed by atoms with E-state index in [2.05, 4.69) is 4.99 Å². The van der Waals surface area contributed by atoms with Gasteiger partial charge in [-0.05, 0) is 31.2 Å². The molecule has 3 aromatic rings. The van der Waals surface area contributed by atoms with Crippen LogP contribution in [0.2, 0.25) is 0 Å². The molecule has 2 aliphatic heterocycles. The molecule has 1 aromatic heterocycles. The van der Waals surface area contributed by atoms with Gasteiger partial charge in [0, 0.05) is 35.8 Å². The number of aliphatic hydroxyl groups excluding tert-OH is 1. The number of thioether (sulfide) groups is 1. The number of nitrogens with zero attached hydrogens (tertiary/aromatic N) is 3. The van der Waals surface area contributed by atoms with Crippen molar-refractivity contribution in [1.29, 1.82) is 0 Å². The second-order valence-electron chi connectivity index (χ2n) is 8.53. The molecule has 5 rings (SSSR count). The lowest BCUT2D eigenvalue weighted by Gasteiger charge is -2.27. The second-order valence-corrected chi connectivity index (χ2v) is 9.56. The van der Waals surface area contributed by atoms with Gasteiger partial charge in [-0.15, -0.1) is 0 Å². The Balaban J connectivity index is 1.51. The van der Waals surface area contributed by atoms with Crippen LogP contribution in [0.4, 0.5) is 5.69 Å². The summed E-state index contributed by atoms with van der Waals surface area (Å²) in [6, 6.07) is 17.1. The van der Waals surface area contributed by atoms with Crippen molar-refractivity contribution in [2.75, 3.05) is 32.9 Å². The second kappa shape index (κ2) is 11.1. The summed E-state index contributed by atoms with van der Waals surface area (Å²) >= 11 is 1.21. The number of hydrogen-bond donors (Lipinski definition) is 1. The topological polar surface area (TPSA) is 93.4 Å². The third-order valence-corrected chi connectivity index (χ3v) is 7.15. The highest BCUT2D eigenvalue weighted by Gasteiger charge is 2.33. The summed E-state index contributed by atoms with van der Waals surface area (Å²) in [6.07, 6.45) is 3.73. The number of aliphatic hydroxyl groups is 1. The fourth-order valence-electron chi connectivity index (χ4n) is 4.33. The number of carbonyl (C=O) groups excluding carboxylic acids is 2. The van der Waals surface area contributed by atoms with Gasteiger partial charge in [0.05, 0.1) is 30.4 Å². The molecule has 8 nitrogen and oxygen atoms in total. The molecule has 0 radical (unpaired) electrons. The molecule has 37 heavy (non-hydrogen) atoms. The van der Waals surface area contributed by atoms with E-state index in [1.807, 2.05) is 76.3 Å². The summed E-state index contributed by atoms with van der Waals surface area (Å²) < 4.78 is 12.5. The number of esters is 1. The first kappa shape index (κ1) is 24.9. The highest BCUT2D eigenvalue weighted by molar-refractivity contribution is 8.18. The van der Waals surface area contributed by atoms with Gasteiger partial charge in [0.1, 0.15) is 22.9 Å². The van der Waals surface area contributed by atoms with Gasteiger partial charge in [-0.2, -0.15) is 0 Å². The molecule has 2 aromatic carbocycles. The monoisotopic (exact) mass is 517 g/mol. The van der Waals surface area contributed by atoms with Gasteiger partial charge in [-0.3, -0.25) is 4.79 Å². The van der Waals surface area contributed by atoms with Crippen LogP contribution in [0.15, 0.2) is 82.0 Å². The van der Waals surface area contributed by atoms with E-state index in [-0.39, 0.29) is 30.4 Å². The van der Waals surface area contributed by atoms with Crippen LogP contribution >= 0.6 is 11.8 Å². The molecule has 1 saturated heterocycles. The quantitative estimate of drug-likeness (QED) is 0.477. The lowest BCUT2D eigenvalue weighted by molar-refractivity contribution is -0.138. The number of fused-ring (bicyclic) bond motifs is 1. The van der Waals surface area contributed by atoms with Gasteiger partial charge in [0.2, 0.25) is 5.91 Å². The Labute approximate surface area is 218 Å². The maximum Gasteiger partial charge on any atom is 0.344 e. The first-order valence-corrected chi connectivity index (χ1v) is 12.9. The summed E-state index contributed by atoms with van der Waals surface area (Å²) in [5, 5.41) is 12.4. The zero-order valence-corrected chi connectivity index (χ0v) is 21.2. The average Bonchev–Trinajstić information content (AvgIpc) is 3.42. The van der Waals surface area contributed by atoms with E-state index in [1.165, 1.54) is 11.8 Å². The molecule has 0 atom stereocenters. The summed E-state index contributed by atoms with van der Waals surface area (Å²) in [7, 11) is 0. The molecule has 2 aliphatic rings. The molecule has 1 fully saturated rings. The van der Waals surface area contributed by atoms with Crippen LogP contribution in [0.5, 0.6) is 0 Å². The summed E-state index contributed by atoms with van der Waals surface area (Å²) in [6.45, 7) is 4.38. The van der Waals surface area contributed by atoms with Crippen LogP contribution in [-0.2, 0) is 25.6 Å². The number of carbonyl (C=O) groups is 2. The van der Waals surface area contributed by atoms with Crippen LogP contribution in [0.3, 0.4) is 0 Å². The van der Waals surface area contributed by atoms with Gasteiger partial charge in [0.25, 0.3) is 0 Å². The van der Waals surface area contributed by atoms with E-state index >= 15 is 0 Å². The maximum absolute atomic E-state index is 12.9. The standard InChI is InChI=1S/C28H27N3O5S/c1-2-36-28(34)25-26(33)23(37-27(25)29-20-8-4-3-5-9-20)16-19-17-31(22-11-7-6-10-21(19)22)18-24(32)30-12-14-35-15-13-30/h3-11,16-17,33H,2,12-15,18H2,1H3/b23-16-,29-27?. The van der Waals surface area contributed by atoms with Crippen LogP contribution in [0, 0.1) is 0 Å². The highest BCUT2D eigenvalue weighted by Crippen LogP contribution is 2.41. The first-order chi connectivity index (χ1) is 18.0. The Morgan fingerprint density at radius 2 is 1.84 bits per heavy atom. The minimum absolute atomic E-state index is 0.0307. The van der Waals surface area contributed by atoms with Crippen molar-refractivity contribution in [3.05, 3.63) is 82.6 Å². The number of rotatable bonds is 6. The van der Waals surface area contributed by atoms with Crippen molar-refractivity contribution in [2.45, 2.75) is 13.5 Å². The van der Waals surface area contributed by atoms with Gasteiger partial charge in [-0.25, -0.2) is 9.79 Å². The number of hydrogen-bond acceptors (Lipinski definition) is 7. The number of benzene rings is 2. The molecule has 0 bridgehead atoms. The zero-order chi connectivity index (χ0) is 25.8. The van der Waals surface area contributed by atoms with Crippen molar-refractivity contribution in [2.24, 2.45) is 4.99 Å². The molecule has 0 saturated carbocycles. The first-order valence-electron chi connectivity index (χ1n) is 12.1. The van der Waals surface area contributed by atoms with Crippen molar-refractivity contribution in [3.63, 3.8) is 0 Å². The lowest BCUT2D eigenvalue weighted by atomic mass is 10.1. The number of amides is 1. The Hall–Kier alpha value is -3.82. The molecular formula is C28H27N3O5S. The van der Waals surface area contributed by atoms with Crippen molar-refractivity contribution in [1.82, 2.24) is 9.47 Å². The number of para-hydroxylation sites is 2. The van der Waals surface area contributed by atoms with E-state index < -0.39 is 5.97 Å². The van der Waals surface area contributed by atoms with Crippen molar-refractivity contribution >= 4 is 51.3 Å². The number of aromatic nitrogens is 1. The molecule has 1 N–H and O–H groups in total. The van der Waals surface area contributed by atoms with E-state index in [9.17, 15) is 14.7 Å². The molecule has 0 aliphatic carbocycles. The normalized spacial score (nSPS) is 18.2. The van der Waals surface area contributed by atoms with Crippen LogP contribution in [0.1, 0.15) is 12.5 Å². The van der Waals surface area contributed by atoms with Crippen LogP contribution in [0.25, 0.3) is 17.0 Å². The SMILES string of the molecule is CCOC(=O)C1=C(O)/C(=C/c2cn(CC(=O)N3CCOCC3)c3ccccc23)SC1=Nc1ccccc1. The van der Waals surface area contributed by atoms with Crippen LogP contribution in [-0.4, -0.2) is 64.4 Å². The van der Waals surface area contributed by atoms with E-state index in [0.29, 0.717) is 41.9 Å². The zero-order valence-electron chi connectivity index (χ0n) is 20.4. The Morgan fingerprint density at radius 1 is 1.11 bits per heavy atom. The molecule has 1 amide bonds. The smallest absolute Gasteiger partial charge is 0.344 e. The summed E-state index contributed by atoms with van der Waals surface area (Å²) in [5.41, 5.74) is 2.45. The fourth-order valence-corrected chi connectivity index (χ4v) is 5.36. The third kappa shape index (κ3) is 5.33. The fraction of sp³-hybridized carbons (Fsp3) is 0.250. The average molecular weight is 518 g/mol. The summed E-state index contributed by atoms with van der Waals surface area (Å²) in [5.74, 6) is -0.758. The van der Waals surface area contributed by atoms with Crippen molar-refractivity contribution in [3.8, 4) is 0 Å². The van der Waals surface area contributed by atoms with Crippen molar-refractivity contribution < 1.29 is 24.2 Å². The van der Waals surface area contributed by atoms with Gasteiger partial charge in [0.15, 0.2) is 0 Å². The van der Waals surface area contributed by atoms with E-state index in [4.69, 9.17) is 9.47 Å². The molecule has 3 heterocycles.